The summed E-state index contributed by atoms with van der Waals surface area (Å²) in [6.45, 7) is 0. The van der Waals surface area contributed by atoms with Crippen LogP contribution in [0.4, 0.5) is 0 Å². The maximum absolute atomic E-state index is 12.3. The Morgan fingerprint density at radius 3 is 2.30 bits per heavy atom. The van der Waals surface area contributed by atoms with E-state index < -0.39 is 17.3 Å². The Morgan fingerprint density at radius 2 is 1.60 bits per heavy atom. The fourth-order valence-electron chi connectivity index (χ4n) is 2.33. The predicted octanol–water partition coefficient (Wildman–Crippen LogP) is 1.69. The van der Waals surface area contributed by atoms with Gasteiger partial charge in [-0.25, -0.2) is 0 Å². The third-order valence-corrected chi connectivity index (χ3v) is 3.24. The summed E-state index contributed by atoms with van der Waals surface area (Å²) in [6.07, 6.45) is 0.577. The molecule has 20 heavy (non-hydrogen) atoms. The first-order chi connectivity index (χ1) is 9.52. The summed E-state index contributed by atoms with van der Waals surface area (Å²) in [5, 5.41) is 19.2. The van der Waals surface area contributed by atoms with Crippen molar-refractivity contribution < 1.29 is 24.6 Å². The van der Waals surface area contributed by atoms with Crippen molar-refractivity contribution in [1.29, 1.82) is 0 Å². The average molecular weight is 268 g/mol. The maximum Gasteiger partial charge on any atom is 0.198 e. The Kier molecular flexibility index (Phi) is 2.44. The van der Waals surface area contributed by atoms with Gasteiger partial charge >= 0.3 is 0 Å². The molecule has 0 saturated heterocycles. The molecule has 0 amide bonds. The molecule has 0 atom stereocenters. The number of fused-ring (bicyclic) bond motifs is 2. The number of phenolic OH excluding ortho intramolecular Hbond substituents is 2. The number of aldehydes is 1. The Labute approximate surface area is 113 Å². The lowest BCUT2D eigenvalue weighted by molar-refractivity contribution is 0.0976. The van der Waals surface area contributed by atoms with Crippen LogP contribution in [-0.4, -0.2) is 28.1 Å². The molecule has 2 N–H and O–H groups in total. The number of benzene rings is 2. The van der Waals surface area contributed by atoms with E-state index in [1.54, 1.807) is 0 Å². The third-order valence-electron chi connectivity index (χ3n) is 3.24. The molecule has 0 radical (unpaired) electrons. The van der Waals surface area contributed by atoms with Crippen molar-refractivity contribution in [2.24, 2.45) is 0 Å². The number of carbonyl (C=O) groups excluding carboxylic acids is 3. The molecular formula is C15H8O5. The van der Waals surface area contributed by atoms with E-state index in [9.17, 15) is 24.6 Å². The minimum atomic E-state index is -0.510. The summed E-state index contributed by atoms with van der Waals surface area (Å²) in [5.41, 5.74) is 0.311. The number of ketones is 2. The Hall–Kier alpha value is -2.95. The highest BCUT2D eigenvalue weighted by molar-refractivity contribution is 6.29. The topological polar surface area (TPSA) is 91.7 Å². The number of carbonyl (C=O) groups is 3. The van der Waals surface area contributed by atoms with Crippen LogP contribution in [0.5, 0.6) is 11.5 Å². The van der Waals surface area contributed by atoms with Gasteiger partial charge in [-0.2, -0.15) is 0 Å². The lowest BCUT2D eigenvalue weighted by Crippen LogP contribution is -2.21. The van der Waals surface area contributed by atoms with E-state index in [4.69, 9.17) is 0 Å². The van der Waals surface area contributed by atoms with Crippen molar-refractivity contribution in [2.45, 2.75) is 0 Å². The molecule has 0 aromatic heterocycles. The molecule has 5 nitrogen and oxygen atoms in total. The molecule has 0 aliphatic heterocycles. The smallest absolute Gasteiger partial charge is 0.198 e. The van der Waals surface area contributed by atoms with Crippen molar-refractivity contribution in [3.63, 3.8) is 0 Å². The van der Waals surface area contributed by atoms with Gasteiger partial charge in [-0.05, 0) is 18.2 Å². The van der Waals surface area contributed by atoms with Crippen LogP contribution < -0.4 is 0 Å². The fraction of sp³-hybridized carbons (Fsp3) is 0. The monoisotopic (exact) mass is 268 g/mol. The Bertz CT molecular complexity index is 789. The molecule has 2 aromatic carbocycles. The van der Waals surface area contributed by atoms with Gasteiger partial charge in [0.1, 0.15) is 17.8 Å². The summed E-state index contributed by atoms with van der Waals surface area (Å²) in [6, 6.07) is 6.28. The van der Waals surface area contributed by atoms with Gasteiger partial charge < -0.3 is 10.2 Å². The van der Waals surface area contributed by atoms with E-state index >= 15 is 0 Å². The number of phenols is 2. The van der Waals surface area contributed by atoms with E-state index in [1.165, 1.54) is 18.2 Å². The number of rotatable bonds is 1. The van der Waals surface area contributed by atoms with E-state index in [0.29, 0.717) is 6.29 Å². The van der Waals surface area contributed by atoms with Gasteiger partial charge in [0.25, 0.3) is 0 Å². The molecule has 2 aromatic rings. The first-order valence-corrected chi connectivity index (χ1v) is 5.77. The summed E-state index contributed by atoms with van der Waals surface area (Å²) in [5.74, 6) is -1.77. The predicted molar refractivity (Wildman–Crippen MR) is 68.5 cm³/mol. The van der Waals surface area contributed by atoms with Crippen LogP contribution >= 0.6 is 0 Å². The zero-order valence-electron chi connectivity index (χ0n) is 10.1. The summed E-state index contributed by atoms with van der Waals surface area (Å²) in [4.78, 5) is 35.4. The molecule has 0 heterocycles. The van der Waals surface area contributed by atoms with Crippen molar-refractivity contribution in [2.75, 3.05) is 0 Å². The normalized spacial score (nSPS) is 12.8. The van der Waals surface area contributed by atoms with Crippen LogP contribution in [0.15, 0.2) is 30.3 Å². The summed E-state index contributed by atoms with van der Waals surface area (Å²) in [7, 11) is 0. The molecule has 0 saturated carbocycles. The van der Waals surface area contributed by atoms with Crippen LogP contribution in [0.3, 0.4) is 0 Å². The number of hydrogen-bond acceptors (Lipinski definition) is 5. The zero-order valence-corrected chi connectivity index (χ0v) is 10.1. The van der Waals surface area contributed by atoms with Crippen LogP contribution in [0.25, 0.3) is 0 Å². The molecule has 0 bridgehead atoms. The van der Waals surface area contributed by atoms with E-state index in [-0.39, 0.29) is 33.6 Å². The molecule has 98 valence electrons. The fourth-order valence-corrected chi connectivity index (χ4v) is 2.33. The second-order valence-corrected chi connectivity index (χ2v) is 4.47. The van der Waals surface area contributed by atoms with Gasteiger partial charge in [0.15, 0.2) is 11.6 Å². The Balaban J connectivity index is 2.33. The second-order valence-electron chi connectivity index (χ2n) is 4.47. The second kappa shape index (κ2) is 4.03. The van der Waals surface area contributed by atoms with Crippen molar-refractivity contribution in [3.05, 3.63) is 58.1 Å². The highest BCUT2D eigenvalue weighted by Crippen LogP contribution is 2.35. The lowest BCUT2D eigenvalue weighted by atomic mass is 9.83. The standard InChI is InChI=1S/C15H8O5/c16-6-7-1-2-9-10(3-7)14(19)11-4-8(17)5-12(18)13(11)15(9)20/h1-6,17-18H. The van der Waals surface area contributed by atoms with Crippen LogP contribution in [-0.2, 0) is 0 Å². The van der Waals surface area contributed by atoms with Gasteiger partial charge in [-0.15, -0.1) is 0 Å². The first-order valence-electron chi connectivity index (χ1n) is 5.77. The van der Waals surface area contributed by atoms with Crippen molar-refractivity contribution >= 4 is 17.9 Å². The van der Waals surface area contributed by atoms with E-state index in [0.717, 1.165) is 12.1 Å². The molecule has 3 rings (SSSR count). The van der Waals surface area contributed by atoms with Crippen molar-refractivity contribution in [1.82, 2.24) is 0 Å². The van der Waals surface area contributed by atoms with Gasteiger partial charge in [0.2, 0.25) is 0 Å². The van der Waals surface area contributed by atoms with Gasteiger partial charge in [0, 0.05) is 28.3 Å². The minimum Gasteiger partial charge on any atom is -0.508 e. The highest BCUT2D eigenvalue weighted by Gasteiger charge is 2.32. The first kappa shape index (κ1) is 12.1. The van der Waals surface area contributed by atoms with Crippen LogP contribution in [0, 0.1) is 0 Å². The average Bonchev–Trinajstić information content (AvgIpc) is 2.43. The summed E-state index contributed by atoms with van der Waals surface area (Å²) >= 11 is 0. The van der Waals surface area contributed by atoms with E-state index in [1.807, 2.05) is 0 Å². The highest BCUT2D eigenvalue weighted by atomic mass is 16.3. The molecular weight excluding hydrogens is 260 g/mol. The Morgan fingerprint density at radius 1 is 0.850 bits per heavy atom. The lowest BCUT2D eigenvalue weighted by Gasteiger charge is -2.18. The molecule has 0 spiro atoms. The zero-order chi connectivity index (χ0) is 14.4. The van der Waals surface area contributed by atoms with Gasteiger partial charge in [-0.1, -0.05) is 6.07 Å². The van der Waals surface area contributed by atoms with E-state index in [2.05, 4.69) is 0 Å². The quantitative estimate of drug-likeness (QED) is 0.655. The largest absolute Gasteiger partial charge is 0.508 e. The van der Waals surface area contributed by atoms with Crippen molar-refractivity contribution in [3.8, 4) is 11.5 Å². The van der Waals surface area contributed by atoms with Gasteiger partial charge in [-0.3, -0.25) is 14.4 Å². The third kappa shape index (κ3) is 1.53. The summed E-state index contributed by atoms with van der Waals surface area (Å²) < 4.78 is 0. The maximum atomic E-state index is 12.3. The van der Waals surface area contributed by atoms with Crippen LogP contribution in [0.1, 0.15) is 42.2 Å². The minimum absolute atomic E-state index is 0.0666. The molecule has 0 unspecified atom stereocenters. The molecule has 1 aliphatic rings. The molecule has 1 aliphatic carbocycles. The molecule has 5 heteroatoms. The molecule has 0 fully saturated rings. The number of hydrogen-bond donors (Lipinski definition) is 2. The van der Waals surface area contributed by atoms with Gasteiger partial charge in [0.05, 0.1) is 5.56 Å². The van der Waals surface area contributed by atoms with Crippen LogP contribution in [0.2, 0.25) is 0 Å². The number of aromatic hydroxyl groups is 2. The SMILES string of the molecule is O=Cc1ccc2c(c1)C(=O)c1cc(O)cc(O)c1C2=O.